The minimum Gasteiger partial charge on any atom is -0.299 e. The van der Waals surface area contributed by atoms with Crippen molar-refractivity contribution in [1.82, 2.24) is 9.21 Å². The Balaban J connectivity index is 1.88. The average molecular weight is 414 g/mol. The van der Waals surface area contributed by atoms with E-state index in [4.69, 9.17) is 11.6 Å². The van der Waals surface area contributed by atoms with Gasteiger partial charge in [-0.3, -0.25) is 4.90 Å². The number of halogens is 2. The highest BCUT2D eigenvalue weighted by Gasteiger charge is 2.35. The van der Waals surface area contributed by atoms with Crippen molar-refractivity contribution >= 4 is 48.9 Å². The van der Waals surface area contributed by atoms with E-state index in [9.17, 15) is 8.42 Å². The number of rotatable bonds is 3. The van der Waals surface area contributed by atoms with Gasteiger partial charge in [0.25, 0.3) is 0 Å². The number of hydrogen-bond acceptors (Lipinski definition) is 4. The van der Waals surface area contributed by atoms with Crippen molar-refractivity contribution in [2.45, 2.75) is 36.1 Å². The molecule has 2 aliphatic rings. The van der Waals surface area contributed by atoms with Crippen LogP contribution in [-0.4, -0.2) is 49.8 Å². The minimum absolute atomic E-state index is 0.342. The van der Waals surface area contributed by atoms with Crippen LogP contribution in [-0.2, 0) is 15.9 Å². The molecule has 0 aliphatic carbocycles. The third kappa shape index (κ3) is 3.19. The average Bonchev–Trinajstić information content (AvgIpc) is 2.99. The molecule has 2 saturated heterocycles. The molecule has 3 rings (SSSR count). The van der Waals surface area contributed by atoms with Crippen LogP contribution in [0.3, 0.4) is 0 Å². The number of hydrogen-bond donors (Lipinski definition) is 0. The molecule has 0 amide bonds. The van der Waals surface area contributed by atoms with Crippen molar-refractivity contribution in [3.63, 3.8) is 0 Å². The normalized spacial score (nSPS) is 25.0. The van der Waals surface area contributed by atoms with Crippen molar-refractivity contribution < 1.29 is 8.42 Å². The van der Waals surface area contributed by atoms with E-state index in [1.807, 2.05) is 0 Å². The Bertz CT molecular complexity index is 620. The summed E-state index contributed by atoms with van der Waals surface area (Å²) in [6.07, 6.45) is 3.18. The fourth-order valence-electron chi connectivity index (χ4n) is 3.17. The molecule has 1 aromatic rings. The Kier molecular flexibility index (Phi) is 4.98. The summed E-state index contributed by atoms with van der Waals surface area (Å²) in [6, 6.07) is 2.08. The van der Waals surface area contributed by atoms with Gasteiger partial charge in [0.1, 0.15) is 4.90 Å². The Labute approximate surface area is 143 Å². The van der Waals surface area contributed by atoms with E-state index in [0.29, 0.717) is 33.7 Å². The first kappa shape index (κ1) is 16.2. The standard InChI is InChI=1S/C13H18BrClN2O2S2/c14-13-12(7-11(8-15)20-13)21(18,19)17-6-2-5-16-4-1-3-10(16)9-17/h7,10H,1-6,8-9H2. The first-order chi connectivity index (χ1) is 10.0. The van der Waals surface area contributed by atoms with Crippen LogP contribution < -0.4 is 0 Å². The molecular formula is C13H18BrClN2O2S2. The van der Waals surface area contributed by atoms with Crippen LogP contribution in [0.15, 0.2) is 14.7 Å². The van der Waals surface area contributed by atoms with Gasteiger partial charge >= 0.3 is 0 Å². The fraction of sp³-hybridized carbons (Fsp3) is 0.692. The third-order valence-corrected chi connectivity index (χ3v) is 8.79. The van der Waals surface area contributed by atoms with Crippen molar-refractivity contribution in [1.29, 1.82) is 0 Å². The molecule has 1 aromatic heterocycles. The predicted molar refractivity (Wildman–Crippen MR) is 89.5 cm³/mol. The molecule has 2 fully saturated rings. The third-order valence-electron chi connectivity index (χ3n) is 4.22. The van der Waals surface area contributed by atoms with Crippen LogP contribution in [0, 0.1) is 0 Å². The fourth-order valence-corrected chi connectivity index (χ4v) is 7.41. The summed E-state index contributed by atoms with van der Waals surface area (Å²) in [6.45, 7) is 3.33. The van der Waals surface area contributed by atoms with Gasteiger partial charge in [0.05, 0.1) is 9.67 Å². The lowest BCUT2D eigenvalue weighted by Gasteiger charge is -2.25. The zero-order valence-corrected chi connectivity index (χ0v) is 15.6. The molecule has 0 saturated carbocycles. The smallest absolute Gasteiger partial charge is 0.245 e. The Morgan fingerprint density at radius 3 is 2.81 bits per heavy atom. The van der Waals surface area contributed by atoms with E-state index >= 15 is 0 Å². The van der Waals surface area contributed by atoms with Crippen LogP contribution in [0.1, 0.15) is 24.1 Å². The molecule has 0 radical (unpaired) electrons. The summed E-state index contributed by atoms with van der Waals surface area (Å²) in [5.41, 5.74) is 0. The van der Waals surface area contributed by atoms with Gasteiger partial charge < -0.3 is 0 Å². The van der Waals surface area contributed by atoms with E-state index in [1.165, 1.54) is 17.8 Å². The van der Waals surface area contributed by atoms with Gasteiger partial charge in [0, 0.05) is 24.0 Å². The van der Waals surface area contributed by atoms with Crippen LogP contribution in [0.4, 0.5) is 0 Å². The maximum Gasteiger partial charge on any atom is 0.245 e. The molecule has 21 heavy (non-hydrogen) atoms. The molecule has 118 valence electrons. The summed E-state index contributed by atoms with van der Waals surface area (Å²) in [7, 11) is -3.43. The van der Waals surface area contributed by atoms with Gasteiger partial charge in [-0.15, -0.1) is 22.9 Å². The number of alkyl halides is 1. The SMILES string of the molecule is O=S(=O)(c1cc(CCl)sc1Br)N1CCCN2CCCC2C1. The number of thiophene rings is 1. The second-order valence-corrected chi connectivity index (χ2v) is 10.2. The quantitative estimate of drug-likeness (QED) is 0.715. The molecule has 0 aromatic carbocycles. The maximum absolute atomic E-state index is 12.9. The lowest BCUT2D eigenvalue weighted by atomic mass is 10.2. The number of fused-ring (bicyclic) bond motifs is 1. The van der Waals surface area contributed by atoms with Crippen molar-refractivity contribution in [3.8, 4) is 0 Å². The van der Waals surface area contributed by atoms with Gasteiger partial charge in [0.15, 0.2) is 0 Å². The Hall–Kier alpha value is 0.340. The van der Waals surface area contributed by atoms with Gasteiger partial charge in [-0.25, -0.2) is 8.42 Å². The highest BCUT2D eigenvalue weighted by molar-refractivity contribution is 9.11. The second kappa shape index (κ2) is 6.45. The summed E-state index contributed by atoms with van der Waals surface area (Å²) < 4.78 is 28.2. The van der Waals surface area contributed by atoms with Crippen LogP contribution in [0.2, 0.25) is 0 Å². The van der Waals surface area contributed by atoms with Crippen LogP contribution in [0.5, 0.6) is 0 Å². The van der Waals surface area contributed by atoms with E-state index < -0.39 is 10.0 Å². The molecule has 0 N–H and O–H groups in total. The van der Waals surface area contributed by atoms with E-state index in [2.05, 4.69) is 20.8 Å². The first-order valence-corrected chi connectivity index (χ1v) is 10.7. The molecule has 8 heteroatoms. The van der Waals surface area contributed by atoms with Gasteiger partial charge in [0.2, 0.25) is 10.0 Å². The van der Waals surface area contributed by atoms with Crippen molar-refractivity contribution in [2.24, 2.45) is 0 Å². The van der Waals surface area contributed by atoms with Crippen molar-refractivity contribution in [2.75, 3.05) is 26.2 Å². The molecule has 1 atom stereocenters. The van der Waals surface area contributed by atoms with Gasteiger partial charge in [-0.2, -0.15) is 4.31 Å². The van der Waals surface area contributed by atoms with Crippen molar-refractivity contribution in [3.05, 3.63) is 14.7 Å². The highest BCUT2D eigenvalue weighted by Crippen LogP contribution is 2.35. The molecule has 0 spiro atoms. The van der Waals surface area contributed by atoms with Gasteiger partial charge in [-0.1, -0.05) is 0 Å². The number of sulfonamides is 1. The second-order valence-electron chi connectivity index (χ2n) is 5.53. The summed E-state index contributed by atoms with van der Waals surface area (Å²) in [5.74, 6) is 0.342. The molecule has 2 aliphatic heterocycles. The number of nitrogens with zero attached hydrogens (tertiary/aromatic N) is 2. The van der Waals surface area contributed by atoms with Crippen LogP contribution in [0.25, 0.3) is 0 Å². The monoisotopic (exact) mass is 412 g/mol. The molecular weight excluding hydrogens is 396 g/mol. The lowest BCUT2D eigenvalue weighted by Crippen LogP contribution is -2.39. The molecule has 1 unspecified atom stereocenters. The zero-order chi connectivity index (χ0) is 15.0. The maximum atomic E-state index is 12.9. The van der Waals surface area contributed by atoms with Gasteiger partial charge in [-0.05, 0) is 54.3 Å². The molecule has 0 bridgehead atoms. The van der Waals surface area contributed by atoms with E-state index in [0.717, 1.165) is 30.8 Å². The molecule has 3 heterocycles. The summed E-state index contributed by atoms with van der Waals surface area (Å²) in [5, 5.41) is 0. The highest BCUT2D eigenvalue weighted by atomic mass is 79.9. The lowest BCUT2D eigenvalue weighted by molar-refractivity contribution is 0.257. The Morgan fingerprint density at radius 2 is 2.10 bits per heavy atom. The van der Waals surface area contributed by atoms with E-state index in [1.54, 1.807) is 10.4 Å². The summed E-state index contributed by atoms with van der Waals surface area (Å²) in [4.78, 5) is 3.68. The largest absolute Gasteiger partial charge is 0.299 e. The molecule has 4 nitrogen and oxygen atoms in total. The minimum atomic E-state index is -3.43. The van der Waals surface area contributed by atoms with Crippen LogP contribution >= 0.6 is 38.9 Å². The topological polar surface area (TPSA) is 40.6 Å². The predicted octanol–water partition coefficient (Wildman–Crippen LogP) is 3.11. The Morgan fingerprint density at radius 1 is 1.33 bits per heavy atom. The summed E-state index contributed by atoms with van der Waals surface area (Å²) >= 11 is 10.6. The van der Waals surface area contributed by atoms with E-state index in [-0.39, 0.29) is 0 Å². The zero-order valence-electron chi connectivity index (χ0n) is 11.6. The first-order valence-electron chi connectivity index (χ1n) is 7.11.